The Balaban J connectivity index is 2.21. The molecular weight excluding hydrogens is 248 g/mol. The minimum absolute atomic E-state index is 0.0209. The van der Waals surface area contributed by atoms with Crippen LogP contribution in [0.25, 0.3) is 0 Å². The molecule has 6 nitrogen and oxygen atoms in total. The van der Waals surface area contributed by atoms with Gasteiger partial charge in [0.1, 0.15) is 5.54 Å². The molecule has 0 aromatic heterocycles. The molecule has 0 atom stereocenters. The standard InChI is InChI=1S/C13H24N2O4/c1-13(2)12(17)15(10-11(16)14-13)6-4-5-7-19-9-8-18-3/h4-10H2,1-3H3,(H,14,16). The van der Waals surface area contributed by atoms with E-state index >= 15 is 0 Å². The number of carbonyl (C=O) groups is 2. The summed E-state index contributed by atoms with van der Waals surface area (Å²) in [7, 11) is 1.64. The number of methoxy groups -OCH3 is 1. The first kappa shape index (κ1) is 15.9. The van der Waals surface area contributed by atoms with Crippen molar-refractivity contribution in [2.75, 3.05) is 40.0 Å². The van der Waals surface area contributed by atoms with E-state index in [1.54, 1.807) is 25.9 Å². The average molecular weight is 272 g/mol. The van der Waals surface area contributed by atoms with Crippen molar-refractivity contribution in [2.45, 2.75) is 32.2 Å². The largest absolute Gasteiger partial charge is 0.382 e. The summed E-state index contributed by atoms with van der Waals surface area (Å²) >= 11 is 0. The molecule has 1 saturated heterocycles. The highest BCUT2D eigenvalue weighted by Crippen LogP contribution is 2.13. The molecule has 1 aliphatic heterocycles. The lowest BCUT2D eigenvalue weighted by Crippen LogP contribution is -2.63. The molecule has 19 heavy (non-hydrogen) atoms. The molecule has 0 saturated carbocycles. The van der Waals surface area contributed by atoms with Crippen molar-refractivity contribution < 1.29 is 19.1 Å². The van der Waals surface area contributed by atoms with Crippen molar-refractivity contribution >= 4 is 11.8 Å². The molecule has 0 bridgehead atoms. The highest BCUT2D eigenvalue weighted by molar-refractivity contribution is 5.97. The van der Waals surface area contributed by atoms with E-state index in [0.717, 1.165) is 12.8 Å². The molecule has 0 unspecified atom stereocenters. The summed E-state index contributed by atoms with van der Waals surface area (Å²) in [6.45, 7) is 6.06. The van der Waals surface area contributed by atoms with Gasteiger partial charge in [-0.25, -0.2) is 0 Å². The summed E-state index contributed by atoms with van der Waals surface area (Å²) in [5.41, 5.74) is -0.787. The summed E-state index contributed by atoms with van der Waals surface area (Å²) in [6, 6.07) is 0. The molecular formula is C13H24N2O4. The van der Waals surface area contributed by atoms with Crippen LogP contribution in [0, 0.1) is 0 Å². The van der Waals surface area contributed by atoms with E-state index in [1.165, 1.54) is 0 Å². The normalized spacial score (nSPS) is 18.6. The van der Waals surface area contributed by atoms with E-state index in [2.05, 4.69) is 5.32 Å². The van der Waals surface area contributed by atoms with Gasteiger partial charge in [-0.3, -0.25) is 9.59 Å². The first-order valence-electron chi connectivity index (χ1n) is 6.64. The maximum atomic E-state index is 12.1. The Hall–Kier alpha value is -1.14. The molecule has 0 spiro atoms. The molecule has 0 aromatic rings. The molecule has 0 aromatic carbocycles. The van der Waals surface area contributed by atoms with Crippen LogP contribution in [0.4, 0.5) is 0 Å². The molecule has 110 valence electrons. The quantitative estimate of drug-likeness (QED) is 0.639. The molecule has 1 rings (SSSR count). The van der Waals surface area contributed by atoms with Crippen molar-refractivity contribution in [3.63, 3.8) is 0 Å². The summed E-state index contributed by atoms with van der Waals surface area (Å²) in [4.78, 5) is 25.2. The van der Waals surface area contributed by atoms with Crippen LogP contribution in [0.1, 0.15) is 26.7 Å². The van der Waals surface area contributed by atoms with Crippen LogP contribution in [0.3, 0.4) is 0 Å². The van der Waals surface area contributed by atoms with Gasteiger partial charge in [0.25, 0.3) is 0 Å². The third-order valence-corrected chi connectivity index (χ3v) is 3.01. The van der Waals surface area contributed by atoms with Crippen LogP contribution in [0.5, 0.6) is 0 Å². The first-order valence-corrected chi connectivity index (χ1v) is 6.64. The van der Waals surface area contributed by atoms with Gasteiger partial charge in [0.15, 0.2) is 0 Å². The molecule has 1 aliphatic rings. The predicted molar refractivity (Wildman–Crippen MR) is 70.7 cm³/mol. The third kappa shape index (κ3) is 5.16. The monoisotopic (exact) mass is 272 g/mol. The van der Waals surface area contributed by atoms with E-state index < -0.39 is 5.54 Å². The second kappa shape index (κ2) is 7.45. The Bertz CT molecular complexity index is 318. The maximum absolute atomic E-state index is 12.1. The van der Waals surface area contributed by atoms with Crippen molar-refractivity contribution in [2.24, 2.45) is 0 Å². The Morgan fingerprint density at radius 3 is 2.63 bits per heavy atom. The zero-order chi connectivity index (χ0) is 14.3. The molecule has 1 fully saturated rings. The number of hydrogen-bond donors (Lipinski definition) is 1. The van der Waals surface area contributed by atoms with Gasteiger partial charge in [-0.15, -0.1) is 0 Å². The second-order valence-corrected chi connectivity index (χ2v) is 5.21. The number of piperazine rings is 1. The molecule has 1 N–H and O–H groups in total. The van der Waals surface area contributed by atoms with Crippen LogP contribution < -0.4 is 5.32 Å². The highest BCUT2D eigenvalue weighted by atomic mass is 16.5. The predicted octanol–water partition coefficient (Wildman–Crippen LogP) is 0.167. The molecule has 6 heteroatoms. The SMILES string of the molecule is COCCOCCCCN1CC(=O)NC(C)(C)C1=O. The molecule has 0 radical (unpaired) electrons. The van der Waals surface area contributed by atoms with Gasteiger partial charge in [0.05, 0.1) is 19.8 Å². The minimum atomic E-state index is -0.787. The first-order chi connectivity index (χ1) is 8.97. The van der Waals surface area contributed by atoms with Gasteiger partial charge in [0, 0.05) is 20.3 Å². The van der Waals surface area contributed by atoms with E-state index in [0.29, 0.717) is 26.4 Å². The molecule has 2 amide bonds. The van der Waals surface area contributed by atoms with Crippen molar-refractivity contribution in [1.82, 2.24) is 10.2 Å². The van der Waals surface area contributed by atoms with Gasteiger partial charge in [0.2, 0.25) is 11.8 Å². The summed E-state index contributed by atoms with van der Waals surface area (Å²) in [5, 5.41) is 2.69. The zero-order valence-corrected chi connectivity index (χ0v) is 12.0. The number of unbranched alkanes of at least 4 members (excludes halogenated alkanes) is 1. The number of nitrogens with one attached hydrogen (secondary N) is 1. The Morgan fingerprint density at radius 2 is 1.95 bits per heavy atom. The fourth-order valence-corrected chi connectivity index (χ4v) is 2.01. The second-order valence-electron chi connectivity index (χ2n) is 5.21. The number of rotatable bonds is 8. The summed E-state index contributed by atoms with van der Waals surface area (Å²) in [6.07, 6.45) is 1.71. The van der Waals surface area contributed by atoms with Crippen LogP contribution in [-0.2, 0) is 19.1 Å². The van der Waals surface area contributed by atoms with Crippen LogP contribution in [0.15, 0.2) is 0 Å². The van der Waals surface area contributed by atoms with Gasteiger partial charge >= 0.3 is 0 Å². The Kier molecular flexibility index (Phi) is 6.24. The zero-order valence-electron chi connectivity index (χ0n) is 12.0. The number of carbonyl (C=O) groups excluding carboxylic acids is 2. The smallest absolute Gasteiger partial charge is 0.248 e. The molecule has 0 aliphatic carbocycles. The van der Waals surface area contributed by atoms with Crippen molar-refractivity contribution in [3.8, 4) is 0 Å². The van der Waals surface area contributed by atoms with Gasteiger partial charge in [-0.05, 0) is 26.7 Å². The lowest BCUT2D eigenvalue weighted by molar-refractivity contribution is -0.148. The van der Waals surface area contributed by atoms with Crippen LogP contribution in [-0.4, -0.2) is 62.3 Å². The Morgan fingerprint density at radius 1 is 1.21 bits per heavy atom. The lowest BCUT2D eigenvalue weighted by atomic mass is 10.0. The fraction of sp³-hybridized carbons (Fsp3) is 0.846. The highest BCUT2D eigenvalue weighted by Gasteiger charge is 2.38. The summed E-state index contributed by atoms with van der Waals surface area (Å²) < 4.78 is 10.2. The van der Waals surface area contributed by atoms with Gasteiger partial charge in [-0.1, -0.05) is 0 Å². The van der Waals surface area contributed by atoms with Crippen molar-refractivity contribution in [1.29, 1.82) is 0 Å². The van der Waals surface area contributed by atoms with E-state index in [9.17, 15) is 9.59 Å². The Labute approximate surface area is 114 Å². The number of amides is 2. The van der Waals surface area contributed by atoms with Gasteiger partial charge < -0.3 is 19.7 Å². The number of hydrogen-bond acceptors (Lipinski definition) is 4. The molecule has 1 heterocycles. The topological polar surface area (TPSA) is 67.9 Å². The maximum Gasteiger partial charge on any atom is 0.248 e. The summed E-state index contributed by atoms with van der Waals surface area (Å²) in [5.74, 6) is -0.117. The average Bonchev–Trinajstić information content (AvgIpc) is 2.33. The minimum Gasteiger partial charge on any atom is -0.382 e. The van der Waals surface area contributed by atoms with E-state index in [1.807, 2.05) is 0 Å². The lowest BCUT2D eigenvalue weighted by Gasteiger charge is -2.37. The van der Waals surface area contributed by atoms with Gasteiger partial charge in [-0.2, -0.15) is 0 Å². The van der Waals surface area contributed by atoms with Crippen LogP contribution in [0.2, 0.25) is 0 Å². The van der Waals surface area contributed by atoms with Crippen molar-refractivity contribution in [3.05, 3.63) is 0 Å². The third-order valence-electron chi connectivity index (χ3n) is 3.01. The van der Waals surface area contributed by atoms with Crippen LogP contribution >= 0.6 is 0 Å². The number of ether oxygens (including phenoxy) is 2. The number of nitrogens with zero attached hydrogens (tertiary/aromatic N) is 1. The van der Waals surface area contributed by atoms with E-state index in [4.69, 9.17) is 9.47 Å². The van der Waals surface area contributed by atoms with E-state index in [-0.39, 0.29) is 18.4 Å². The fourth-order valence-electron chi connectivity index (χ4n) is 2.01.